The smallest absolute Gasteiger partial charge is 0.123 e. The second-order valence-corrected chi connectivity index (χ2v) is 3.45. The summed E-state index contributed by atoms with van der Waals surface area (Å²) in [6.45, 7) is 4.12. The third-order valence-electron chi connectivity index (χ3n) is 2.37. The number of hydrogen-bond donors (Lipinski definition) is 1. The van der Waals surface area contributed by atoms with E-state index in [1.807, 2.05) is 18.2 Å². The van der Waals surface area contributed by atoms with Gasteiger partial charge in [0.2, 0.25) is 0 Å². The average molecular weight is 172 g/mol. The van der Waals surface area contributed by atoms with E-state index in [1.54, 1.807) is 6.07 Å². The van der Waals surface area contributed by atoms with Crippen LogP contribution in [0, 0.1) is 13.8 Å². The molecule has 0 saturated carbocycles. The molecule has 2 rings (SSSR count). The number of phenols is 1. The Morgan fingerprint density at radius 3 is 2.46 bits per heavy atom. The van der Waals surface area contributed by atoms with E-state index >= 15 is 0 Å². The van der Waals surface area contributed by atoms with E-state index in [2.05, 4.69) is 19.9 Å². The molecule has 0 heterocycles. The summed E-state index contributed by atoms with van der Waals surface area (Å²) < 4.78 is 0. The van der Waals surface area contributed by atoms with Crippen molar-refractivity contribution in [3.63, 3.8) is 0 Å². The molecule has 0 unspecified atom stereocenters. The molecule has 0 spiro atoms. The Kier molecular flexibility index (Phi) is 1.73. The van der Waals surface area contributed by atoms with Crippen LogP contribution in [0.2, 0.25) is 0 Å². The van der Waals surface area contributed by atoms with Gasteiger partial charge >= 0.3 is 0 Å². The Hall–Kier alpha value is -1.50. The van der Waals surface area contributed by atoms with Crippen molar-refractivity contribution in [2.45, 2.75) is 13.8 Å². The SMILES string of the molecule is Cc1ccc2c(O)ccc(C)c2c1. The second-order valence-electron chi connectivity index (χ2n) is 3.45. The van der Waals surface area contributed by atoms with E-state index in [4.69, 9.17) is 0 Å². The lowest BCUT2D eigenvalue weighted by Crippen LogP contribution is -1.80. The molecule has 1 N–H and O–H groups in total. The second kappa shape index (κ2) is 2.77. The molecule has 0 aliphatic heterocycles. The van der Waals surface area contributed by atoms with Crippen LogP contribution in [0.4, 0.5) is 0 Å². The van der Waals surface area contributed by atoms with Crippen LogP contribution in [-0.4, -0.2) is 5.11 Å². The van der Waals surface area contributed by atoms with Gasteiger partial charge in [0.25, 0.3) is 0 Å². The molecule has 0 bridgehead atoms. The maximum Gasteiger partial charge on any atom is 0.123 e. The first kappa shape index (κ1) is 8.11. The third kappa shape index (κ3) is 1.26. The number of fused-ring (bicyclic) bond motifs is 1. The minimum absolute atomic E-state index is 0.362. The highest BCUT2D eigenvalue weighted by molar-refractivity contribution is 5.91. The molecule has 0 amide bonds. The van der Waals surface area contributed by atoms with Gasteiger partial charge < -0.3 is 5.11 Å². The summed E-state index contributed by atoms with van der Waals surface area (Å²) in [5, 5.41) is 11.7. The van der Waals surface area contributed by atoms with Crippen molar-refractivity contribution < 1.29 is 5.11 Å². The van der Waals surface area contributed by atoms with Crippen LogP contribution in [0.5, 0.6) is 5.75 Å². The highest BCUT2D eigenvalue weighted by Crippen LogP contribution is 2.27. The minimum Gasteiger partial charge on any atom is -0.507 e. The first-order chi connectivity index (χ1) is 6.18. The topological polar surface area (TPSA) is 20.2 Å². The van der Waals surface area contributed by atoms with E-state index in [0.29, 0.717) is 5.75 Å². The fourth-order valence-electron chi connectivity index (χ4n) is 1.59. The third-order valence-corrected chi connectivity index (χ3v) is 2.37. The minimum atomic E-state index is 0.362. The van der Waals surface area contributed by atoms with Gasteiger partial charge in [-0.1, -0.05) is 29.8 Å². The maximum atomic E-state index is 9.59. The zero-order valence-electron chi connectivity index (χ0n) is 7.83. The van der Waals surface area contributed by atoms with E-state index < -0.39 is 0 Å². The monoisotopic (exact) mass is 172 g/mol. The van der Waals surface area contributed by atoms with Crippen LogP contribution >= 0.6 is 0 Å². The largest absolute Gasteiger partial charge is 0.507 e. The molecular formula is C12H12O. The Labute approximate surface area is 77.6 Å². The summed E-state index contributed by atoms with van der Waals surface area (Å²) in [5.41, 5.74) is 2.43. The predicted molar refractivity (Wildman–Crippen MR) is 55.1 cm³/mol. The lowest BCUT2D eigenvalue weighted by Gasteiger charge is -2.04. The molecule has 1 heteroatoms. The predicted octanol–water partition coefficient (Wildman–Crippen LogP) is 3.16. The molecule has 0 saturated heterocycles. The summed E-state index contributed by atoms with van der Waals surface area (Å²) in [7, 11) is 0. The number of rotatable bonds is 0. The van der Waals surface area contributed by atoms with Gasteiger partial charge in [0, 0.05) is 5.39 Å². The number of aromatic hydroxyl groups is 1. The zero-order chi connectivity index (χ0) is 9.42. The highest BCUT2D eigenvalue weighted by Gasteiger charge is 2.01. The molecular weight excluding hydrogens is 160 g/mol. The quantitative estimate of drug-likeness (QED) is 0.647. The summed E-state index contributed by atoms with van der Waals surface area (Å²) in [4.78, 5) is 0. The van der Waals surface area contributed by atoms with Crippen molar-refractivity contribution in [1.29, 1.82) is 0 Å². The van der Waals surface area contributed by atoms with Crippen LogP contribution in [0.3, 0.4) is 0 Å². The van der Waals surface area contributed by atoms with Gasteiger partial charge in [-0.25, -0.2) is 0 Å². The Morgan fingerprint density at radius 2 is 1.69 bits per heavy atom. The van der Waals surface area contributed by atoms with E-state index in [-0.39, 0.29) is 0 Å². The lowest BCUT2D eigenvalue weighted by atomic mass is 10.0. The molecule has 66 valence electrons. The summed E-state index contributed by atoms with van der Waals surface area (Å²) in [6.07, 6.45) is 0. The molecule has 1 nitrogen and oxygen atoms in total. The van der Waals surface area contributed by atoms with Crippen molar-refractivity contribution in [2.24, 2.45) is 0 Å². The van der Waals surface area contributed by atoms with Gasteiger partial charge in [-0.3, -0.25) is 0 Å². The van der Waals surface area contributed by atoms with Crippen molar-refractivity contribution >= 4 is 10.8 Å². The molecule has 2 aromatic rings. The van der Waals surface area contributed by atoms with Crippen LogP contribution in [0.15, 0.2) is 30.3 Å². The van der Waals surface area contributed by atoms with Gasteiger partial charge in [0.15, 0.2) is 0 Å². The van der Waals surface area contributed by atoms with Crippen LogP contribution in [-0.2, 0) is 0 Å². The first-order valence-corrected chi connectivity index (χ1v) is 4.37. The van der Waals surface area contributed by atoms with Gasteiger partial charge in [0.1, 0.15) is 5.75 Å². The van der Waals surface area contributed by atoms with Gasteiger partial charge in [-0.15, -0.1) is 0 Å². The first-order valence-electron chi connectivity index (χ1n) is 4.37. The molecule has 0 aliphatic rings. The van der Waals surface area contributed by atoms with Gasteiger partial charge in [0.05, 0.1) is 0 Å². The van der Waals surface area contributed by atoms with Crippen molar-refractivity contribution in [3.05, 3.63) is 41.5 Å². The van der Waals surface area contributed by atoms with Crippen LogP contribution in [0.25, 0.3) is 10.8 Å². The van der Waals surface area contributed by atoms with Gasteiger partial charge in [-0.05, 0) is 30.9 Å². The fraction of sp³-hybridized carbons (Fsp3) is 0.167. The molecule has 0 aromatic heterocycles. The van der Waals surface area contributed by atoms with Crippen molar-refractivity contribution in [2.75, 3.05) is 0 Å². The number of hydrogen-bond acceptors (Lipinski definition) is 1. The fourth-order valence-corrected chi connectivity index (χ4v) is 1.59. The Morgan fingerprint density at radius 1 is 0.923 bits per heavy atom. The molecule has 2 aromatic carbocycles. The molecule has 13 heavy (non-hydrogen) atoms. The van der Waals surface area contributed by atoms with E-state index in [1.165, 1.54) is 11.1 Å². The molecule has 0 atom stereocenters. The molecule has 0 radical (unpaired) electrons. The normalized spacial score (nSPS) is 10.6. The average Bonchev–Trinajstić information content (AvgIpc) is 2.12. The van der Waals surface area contributed by atoms with E-state index in [0.717, 1.165) is 10.8 Å². The van der Waals surface area contributed by atoms with Gasteiger partial charge in [-0.2, -0.15) is 0 Å². The Bertz CT molecular complexity index is 458. The van der Waals surface area contributed by atoms with E-state index in [9.17, 15) is 5.11 Å². The summed E-state index contributed by atoms with van der Waals surface area (Å²) in [5.74, 6) is 0.362. The Balaban J connectivity index is 2.92. The molecule has 0 fully saturated rings. The van der Waals surface area contributed by atoms with Crippen molar-refractivity contribution in [3.8, 4) is 5.75 Å². The molecule has 0 aliphatic carbocycles. The summed E-state index contributed by atoms with van der Waals surface area (Å²) in [6, 6.07) is 9.77. The lowest BCUT2D eigenvalue weighted by molar-refractivity contribution is 0.481. The number of benzene rings is 2. The standard InChI is InChI=1S/C12H12O/c1-8-3-5-10-11(7-8)9(2)4-6-12(10)13/h3-7,13H,1-2H3. The van der Waals surface area contributed by atoms with Crippen molar-refractivity contribution in [1.82, 2.24) is 0 Å². The van der Waals surface area contributed by atoms with Crippen LogP contribution in [0.1, 0.15) is 11.1 Å². The number of phenolic OH excluding ortho intramolecular Hbond substituents is 1. The zero-order valence-corrected chi connectivity index (χ0v) is 7.83. The maximum absolute atomic E-state index is 9.59. The number of aryl methyl sites for hydroxylation is 2. The highest BCUT2D eigenvalue weighted by atomic mass is 16.3. The van der Waals surface area contributed by atoms with Crippen LogP contribution < -0.4 is 0 Å². The summed E-state index contributed by atoms with van der Waals surface area (Å²) >= 11 is 0.